The third-order valence-electron chi connectivity index (χ3n) is 4.50. The molecule has 0 aromatic heterocycles. The monoisotopic (exact) mass is 216 g/mol. The van der Waals surface area contributed by atoms with E-state index in [0.29, 0.717) is 11.6 Å². The molecule has 0 spiro atoms. The van der Waals surface area contributed by atoms with E-state index in [9.17, 15) is 4.39 Å². The van der Waals surface area contributed by atoms with Gasteiger partial charge in [0.15, 0.2) is 0 Å². The van der Waals surface area contributed by atoms with Crippen LogP contribution in [0.4, 0.5) is 4.39 Å². The Kier molecular flexibility index (Phi) is 3.17. The predicted molar refractivity (Wildman–Crippen MR) is 62.2 cm³/mol. The van der Waals surface area contributed by atoms with E-state index in [-0.39, 0.29) is 5.92 Å². The van der Waals surface area contributed by atoms with Crippen molar-refractivity contribution >= 4 is 9.24 Å². The van der Waals surface area contributed by atoms with E-state index in [1.165, 1.54) is 19.3 Å². The highest BCUT2D eigenvalue weighted by Crippen LogP contribution is 2.48. The summed E-state index contributed by atoms with van der Waals surface area (Å²) in [4.78, 5) is 0. The maximum Gasteiger partial charge on any atom is 0.104 e. The number of hydrogen-bond acceptors (Lipinski definition) is 0. The second-order valence-electron chi connectivity index (χ2n) is 5.53. The molecular weight excluding hydrogens is 194 g/mol. The molecule has 7 unspecified atom stereocenters. The minimum atomic E-state index is -0.552. The second-order valence-corrected chi connectivity index (χ2v) is 6.30. The van der Waals surface area contributed by atoms with Crippen molar-refractivity contribution in [3.05, 3.63) is 0 Å². The summed E-state index contributed by atoms with van der Waals surface area (Å²) in [7, 11) is 2.91. The van der Waals surface area contributed by atoms with E-state index in [4.69, 9.17) is 0 Å². The van der Waals surface area contributed by atoms with Gasteiger partial charge < -0.3 is 0 Å². The van der Waals surface area contributed by atoms with E-state index < -0.39 is 6.17 Å². The lowest BCUT2D eigenvalue weighted by atomic mass is 9.64. The summed E-state index contributed by atoms with van der Waals surface area (Å²) >= 11 is 0. The Labute approximate surface area is 89.2 Å². The van der Waals surface area contributed by atoms with Gasteiger partial charge in [0.05, 0.1) is 0 Å². The van der Waals surface area contributed by atoms with Crippen LogP contribution in [0.1, 0.15) is 39.5 Å². The van der Waals surface area contributed by atoms with Crippen LogP contribution in [0.3, 0.4) is 0 Å². The number of fused-ring (bicyclic) bond motifs is 1. The van der Waals surface area contributed by atoms with Crippen LogP contribution in [-0.4, -0.2) is 11.8 Å². The molecule has 14 heavy (non-hydrogen) atoms. The lowest BCUT2D eigenvalue weighted by molar-refractivity contribution is 0.0520. The first kappa shape index (κ1) is 10.9. The quantitative estimate of drug-likeness (QED) is 0.542. The molecule has 0 N–H and O–H groups in total. The highest BCUT2D eigenvalue weighted by atomic mass is 31.0. The first-order valence-electron chi connectivity index (χ1n) is 5.99. The largest absolute Gasteiger partial charge is 0.247 e. The van der Waals surface area contributed by atoms with Crippen molar-refractivity contribution in [2.75, 3.05) is 0 Å². The molecule has 7 atom stereocenters. The molecule has 2 aliphatic carbocycles. The van der Waals surface area contributed by atoms with Crippen molar-refractivity contribution in [3.63, 3.8) is 0 Å². The second kappa shape index (κ2) is 4.08. The summed E-state index contributed by atoms with van der Waals surface area (Å²) in [6, 6.07) is 0. The Morgan fingerprint density at radius 2 is 1.86 bits per heavy atom. The first-order valence-corrected chi connectivity index (χ1v) is 6.66. The molecule has 0 amide bonds. The maximum absolute atomic E-state index is 13.7. The van der Waals surface area contributed by atoms with Crippen LogP contribution in [0, 0.1) is 23.7 Å². The third-order valence-corrected chi connectivity index (χ3v) is 5.60. The van der Waals surface area contributed by atoms with E-state index in [2.05, 4.69) is 23.1 Å². The van der Waals surface area contributed by atoms with Gasteiger partial charge in [0, 0.05) is 0 Å². The fourth-order valence-corrected chi connectivity index (χ4v) is 4.18. The Balaban J connectivity index is 2.07. The molecule has 0 radical (unpaired) electrons. The topological polar surface area (TPSA) is 0 Å². The van der Waals surface area contributed by atoms with Crippen LogP contribution in [0.15, 0.2) is 0 Å². The summed E-state index contributed by atoms with van der Waals surface area (Å²) in [5.41, 5.74) is 0.524. The Hall–Kier alpha value is 0.360. The Morgan fingerprint density at radius 3 is 2.57 bits per heavy atom. The summed E-state index contributed by atoms with van der Waals surface area (Å²) in [5, 5.41) is 0. The maximum atomic E-state index is 13.7. The zero-order valence-corrected chi connectivity index (χ0v) is 10.4. The van der Waals surface area contributed by atoms with Crippen LogP contribution < -0.4 is 0 Å². The van der Waals surface area contributed by atoms with E-state index in [1.807, 2.05) is 0 Å². The molecular formula is C12H22FP. The van der Waals surface area contributed by atoms with E-state index in [1.54, 1.807) is 0 Å². The average molecular weight is 216 g/mol. The molecule has 2 heteroatoms. The van der Waals surface area contributed by atoms with Gasteiger partial charge in [0.1, 0.15) is 6.17 Å². The Bertz CT molecular complexity index is 206. The molecule has 2 rings (SSSR count). The van der Waals surface area contributed by atoms with Gasteiger partial charge in [0.25, 0.3) is 0 Å². The van der Waals surface area contributed by atoms with Gasteiger partial charge in [-0.15, -0.1) is 9.24 Å². The van der Waals surface area contributed by atoms with Crippen molar-refractivity contribution < 1.29 is 4.39 Å². The van der Waals surface area contributed by atoms with Crippen LogP contribution in [0.25, 0.3) is 0 Å². The zero-order chi connectivity index (χ0) is 10.3. The molecule has 2 saturated carbocycles. The molecule has 2 aliphatic rings. The van der Waals surface area contributed by atoms with Gasteiger partial charge >= 0.3 is 0 Å². The van der Waals surface area contributed by atoms with Gasteiger partial charge in [-0.2, -0.15) is 0 Å². The number of halogens is 1. The molecule has 0 aromatic rings. The van der Waals surface area contributed by atoms with Crippen LogP contribution in [-0.2, 0) is 0 Å². The molecule has 0 bridgehead atoms. The predicted octanol–water partition coefficient (Wildman–Crippen LogP) is 3.66. The van der Waals surface area contributed by atoms with Gasteiger partial charge in [-0.05, 0) is 48.6 Å². The molecule has 2 fully saturated rings. The van der Waals surface area contributed by atoms with Crippen LogP contribution in [0.5, 0.6) is 0 Å². The van der Waals surface area contributed by atoms with Gasteiger partial charge in [0.2, 0.25) is 0 Å². The van der Waals surface area contributed by atoms with Gasteiger partial charge in [-0.1, -0.05) is 20.3 Å². The number of alkyl halides is 1. The normalized spacial score (nSPS) is 54.0. The molecule has 0 aromatic carbocycles. The fourth-order valence-electron chi connectivity index (χ4n) is 3.43. The lowest BCUT2D eigenvalue weighted by Crippen LogP contribution is -2.43. The summed E-state index contributed by atoms with van der Waals surface area (Å²) in [6.45, 7) is 4.40. The van der Waals surface area contributed by atoms with Crippen LogP contribution in [0.2, 0.25) is 0 Å². The molecule has 82 valence electrons. The minimum Gasteiger partial charge on any atom is -0.247 e. The SMILES string of the molecule is CC1CCC2C(C1)CC(F)C(C)C2P. The molecule has 0 nitrogen and oxygen atoms in total. The lowest BCUT2D eigenvalue weighted by Gasteiger charge is -2.46. The third kappa shape index (κ3) is 1.85. The first-order chi connectivity index (χ1) is 6.59. The zero-order valence-electron chi connectivity index (χ0n) is 9.25. The smallest absolute Gasteiger partial charge is 0.104 e. The van der Waals surface area contributed by atoms with Gasteiger partial charge in [-0.3, -0.25) is 0 Å². The van der Waals surface area contributed by atoms with Crippen molar-refractivity contribution in [2.45, 2.75) is 51.4 Å². The highest BCUT2D eigenvalue weighted by molar-refractivity contribution is 7.17. The van der Waals surface area contributed by atoms with Crippen LogP contribution >= 0.6 is 9.24 Å². The molecule has 0 heterocycles. The minimum absolute atomic E-state index is 0.259. The molecule has 0 aliphatic heterocycles. The number of rotatable bonds is 0. The van der Waals surface area contributed by atoms with Gasteiger partial charge in [-0.25, -0.2) is 4.39 Å². The fraction of sp³-hybridized carbons (Fsp3) is 1.00. The standard InChI is InChI=1S/C12H22FP/c1-7-3-4-10-9(5-7)6-11(13)8(2)12(10)14/h7-12H,3-6,14H2,1-2H3. The van der Waals surface area contributed by atoms with E-state index in [0.717, 1.165) is 18.3 Å². The summed E-state index contributed by atoms with van der Waals surface area (Å²) in [5.74, 6) is 2.55. The van der Waals surface area contributed by atoms with E-state index >= 15 is 0 Å². The van der Waals surface area contributed by atoms with Crippen molar-refractivity contribution in [1.29, 1.82) is 0 Å². The van der Waals surface area contributed by atoms with Crippen molar-refractivity contribution in [3.8, 4) is 0 Å². The summed E-state index contributed by atoms with van der Waals surface area (Å²) in [6.07, 6.45) is 4.24. The molecule has 0 saturated heterocycles. The average Bonchev–Trinajstić information content (AvgIpc) is 2.14. The summed E-state index contributed by atoms with van der Waals surface area (Å²) < 4.78 is 13.7. The number of hydrogen-bond donors (Lipinski definition) is 0. The van der Waals surface area contributed by atoms with Crippen molar-refractivity contribution in [1.82, 2.24) is 0 Å². The highest BCUT2D eigenvalue weighted by Gasteiger charge is 2.42. The van der Waals surface area contributed by atoms with Crippen molar-refractivity contribution in [2.24, 2.45) is 23.7 Å². The Morgan fingerprint density at radius 1 is 1.14 bits per heavy atom.